The molecule has 2 N–H and O–H groups in total. The molecule has 0 saturated heterocycles. The van der Waals surface area contributed by atoms with Crippen LogP contribution in [0.5, 0.6) is 5.75 Å². The van der Waals surface area contributed by atoms with Crippen molar-refractivity contribution in [2.24, 2.45) is 0 Å². The maximum atomic E-state index is 12.5. The number of thiazole rings is 1. The lowest BCUT2D eigenvalue weighted by atomic mass is 10.1. The molecule has 1 amide bonds. The molecule has 126 valence electrons. The van der Waals surface area contributed by atoms with Crippen LogP contribution in [-0.4, -0.2) is 22.5 Å². The molecule has 6 heteroatoms. The SMILES string of the molecule is CCOc1cccc2[nH]cc(CC(=O)Nc3ncsc3C(C)C)c12. The minimum atomic E-state index is -0.0741. The maximum Gasteiger partial charge on any atom is 0.230 e. The Balaban J connectivity index is 1.82. The van der Waals surface area contributed by atoms with Crippen molar-refractivity contribution in [3.05, 3.63) is 40.3 Å². The summed E-state index contributed by atoms with van der Waals surface area (Å²) in [6.07, 6.45) is 2.15. The van der Waals surface area contributed by atoms with E-state index in [0.29, 0.717) is 18.3 Å². The Morgan fingerprint density at radius 1 is 1.42 bits per heavy atom. The van der Waals surface area contributed by atoms with Gasteiger partial charge in [-0.15, -0.1) is 11.3 Å². The Kier molecular flexibility index (Phi) is 4.85. The number of hydrogen-bond acceptors (Lipinski definition) is 4. The molecular formula is C18H21N3O2S. The Morgan fingerprint density at radius 2 is 2.25 bits per heavy atom. The number of amides is 1. The lowest BCUT2D eigenvalue weighted by Crippen LogP contribution is -2.15. The number of rotatable bonds is 6. The summed E-state index contributed by atoms with van der Waals surface area (Å²) in [7, 11) is 0. The number of nitrogens with one attached hydrogen (secondary N) is 2. The van der Waals surface area contributed by atoms with E-state index < -0.39 is 0 Å². The number of carbonyl (C=O) groups is 1. The number of fused-ring (bicyclic) bond motifs is 1. The third-order valence-corrected chi connectivity index (χ3v) is 4.91. The summed E-state index contributed by atoms with van der Waals surface area (Å²) in [5.41, 5.74) is 3.66. The van der Waals surface area contributed by atoms with Gasteiger partial charge in [-0.05, 0) is 30.5 Å². The lowest BCUT2D eigenvalue weighted by Gasteiger charge is -2.08. The molecule has 24 heavy (non-hydrogen) atoms. The van der Waals surface area contributed by atoms with E-state index in [1.807, 2.05) is 31.3 Å². The van der Waals surface area contributed by atoms with Gasteiger partial charge in [0.1, 0.15) is 11.6 Å². The summed E-state index contributed by atoms with van der Waals surface area (Å²) in [6.45, 7) is 6.73. The zero-order valence-electron chi connectivity index (χ0n) is 14.1. The third kappa shape index (κ3) is 3.28. The van der Waals surface area contributed by atoms with Crippen LogP contribution in [0.3, 0.4) is 0 Å². The quantitative estimate of drug-likeness (QED) is 0.700. The van der Waals surface area contributed by atoms with Gasteiger partial charge in [-0.2, -0.15) is 0 Å². The molecule has 0 radical (unpaired) electrons. The van der Waals surface area contributed by atoms with Gasteiger partial charge < -0.3 is 15.0 Å². The molecule has 0 spiro atoms. The molecule has 0 atom stereocenters. The van der Waals surface area contributed by atoms with Gasteiger partial charge in [0.25, 0.3) is 0 Å². The monoisotopic (exact) mass is 343 g/mol. The number of benzene rings is 1. The minimum Gasteiger partial charge on any atom is -0.493 e. The average molecular weight is 343 g/mol. The van der Waals surface area contributed by atoms with Crippen molar-refractivity contribution in [2.45, 2.75) is 33.1 Å². The standard InChI is InChI=1S/C18H21N3O2S/c1-4-23-14-7-5-6-13-16(14)12(9-19-13)8-15(22)21-18-17(11(2)3)24-10-20-18/h5-7,9-11,19H,4,8H2,1-3H3,(H,21,22). The first-order valence-electron chi connectivity index (χ1n) is 8.05. The van der Waals surface area contributed by atoms with Gasteiger partial charge in [-0.1, -0.05) is 19.9 Å². The number of aromatic amines is 1. The normalized spacial score (nSPS) is 11.2. The number of aromatic nitrogens is 2. The smallest absolute Gasteiger partial charge is 0.230 e. The molecule has 0 fully saturated rings. The summed E-state index contributed by atoms with van der Waals surface area (Å²) in [5.74, 6) is 1.74. The maximum absolute atomic E-state index is 12.5. The Hall–Kier alpha value is -2.34. The van der Waals surface area contributed by atoms with Gasteiger partial charge in [-0.25, -0.2) is 4.98 Å². The van der Waals surface area contributed by atoms with Gasteiger partial charge in [0.2, 0.25) is 5.91 Å². The van der Waals surface area contributed by atoms with Crippen molar-refractivity contribution in [2.75, 3.05) is 11.9 Å². The molecule has 0 bridgehead atoms. The molecule has 1 aromatic carbocycles. The third-order valence-electron chi connectivity index (χ3n) is 3.78. The fourth-order valence-corrected chi connectivity index (χ4v) is 3.50. The number of ether oxygens (including phenoxy) is 1. The van der Waals surface area contributed by atoms with E-state index in [2.05, 4.69) is 29.1 Å². The Morgan fingerprint density at radius 3 is 3.00 bits per heavy atom. The fourth-order valence-electron chi connectivity index (χ4n) is 2.74. The van der Waals surface area contributed by atoms with Crippen LogP contribution >= 0.6 is 11.3 Å². The van der Waals surface area contributed by atoms with E-state index in [0.717, 1.165) is 27.1 Å². The fraction of sp³-hybridized carbons (Fsp3) is 0.333. The van der Waals surface area contributed by atoms with E-state index in [1.165, 1.54) is 0 Å². The molecular weight excluding hydrogens is 322 g/mol. The van der Waals surface area contributed by atoms with E-state index in [9.17, 15) is 4.79 Å². The number of hydrogen-bond donors (Lipinski definition) is 2. The Labute approximate surface area is 145 Å². The molecule has 0 unspecified atom stereocenters. The molecule has 0 aliphatic carbocycles. The topological polar surface area (TPSA) is 67.0 Å². The van der Waals surface area contributed by atoms with E-state index in [4.69, 9.17) is 4.74 Å². The van der Waals surface area contributed by atoms with E-state index in [-0.39, 0.29) is 12.3 Å². The van der Waals surface area contributed by atoms with Gasteiger partial charge >= 0.3 is 0 Å². The van der Waals surface area contributed by atoms with Crippen LogP contribution in [0.4, 0.5) is 5.82 Å². The zero-order valence-corrected chi connectivity index (χ0v) is 14.9. The van der Waals surface area contributed by atoms with Crippen molar-refractivity contribution in [1.29, 1.82) is 0 Å². The summed E-state index contributed by atoms with van der Waals surface area (Å²) < 4.78 is 5.69. The predicted octanol–water partition coefficient (Wildman–Crippen LogP) is 4.33. The number of nitrogens with zero attached hydrogens (tertiary/aromatic N) is 1. The van der Waals surface area contributed by atoms with Crippen molar-refractivity contribution in [3.63, 3.8) is 0 Å². The highest BCUT2D eigenvalue weighted by Gasteiger charge is 2.16. The van der Waals surface area contributed by atoms with Crippen molar-refractivity contribution in [1.82, 2.24) is 9.97 Å². The van der Waals surface area contributed by atoms with Crippen molar-refractivity contribution >= 4 is 34.0 Å². The lowest BCUT2D eigenvalue weighted by molar-refractivity contribution is -0.115. The Bertz CT molecular complexity index is 851. The molecule has 2 heterocycles. The van der Waals surface area contributed by atoms with Crippen LogP contribution in [0, 0.1) is 0 Å². The van der Waals surface area contributed by atoms with Crippen LogP contribution in [0.25, 0.3) is 10.9 Å². The van der Waals surface area contributed by atoms with Crippen LogP contribution in [0.15, 0.2) is 29.9 Å². The van der Waals surface area contributed by atoms with Crippen LogP contribution in [0.1, 0.15) is 37.1 Å². The predicted molar refractivity (Wildman–Crippen MR) is 98.0 cm³/mol. The highest BCUT2D eigenvalue weighted by molar-refractivity contribution is 7.10. The molecule has 0 aliphatic heterocycles. The number of carbonyl (C=O) groups excluding carboxylic acids is 1. The first kappa shape index (κ1) is 16.5. The van der Waals surface area contributed by atoms with Gasteiger partial charge in [0.15, 0.2) is 0 Å². The minimum absolute atomic E-state index is 0.0741. The molecule has 3 rings (SSSR count). The first-order valence-corrected chi connectivity index (χ1v) is 8.93. The summed E-state index contributed by atoms with van der Waals surface area (Å²) in [5, 5.41) is 3.90. The molecule has 5 nitrogen and oxygen atoms in total. The largest absolute Gasteiger partial charge is 0.493 e. The zero-order chi connectivity index (χ0) is 17.1. The second-order valence-corrected chi connectivity index (χ2v) is 6.76. The second kappa shape index (κ2) is 7.05. The first-order chi connectivity index (χ1) is 11.6. The van der Waals surface area contributed by atoms with Gasteiger partial charge in [-0.3, -0.25) is 4.79 Å². The van der Waals surface area contributed by atoms with E-state index >= 15 is 0 Å². The molecule has 2 aromatic heterocycles. The highest BCUT2D eigenvalue weighted by Crippen LogP contribution is 2.30. The second-order valence-electron chi connectivity index (χ2n) is 5.87. The number of anilines is 1. The van der Waals surface area contributed by atoms with E-state index in [1.54, 1.807) is 16.8 Å². The summed E-state index contributed by atoms with van der Waals surface area (Å²) in [6, 6.07) is 5.85. The van der Waals surface area contributed by atoms with Crippen LogP contribution in [0.2, 0.25) is 0 Å². The molecule has 3 aromatic rings. The number of H-pyrrole nitrogens is 1. The van der Waals surface area contributed by atoms with Crippen molar-refractivity contribution < 1.29 is 9.53 Å². The van der Waals surface area contributed by atoms with Crippen LogP contribution in [-0.2, 0) is 11.2 Å². The molecule has 0 aliphatic rings. The van der Waals surface area contributed by atoms with Gasteiger partial charge in [0.05, 0.1) is 23.4 Å². The summed E-state index contributed by atoms with van der Waals surface area (Å²) in [4.78, 5) is 21.0. The average Bonchev–Trinajstić information content (AvgIpc) is 3.15. The highest BCUT2D eigenvalue weighted by atomic mass is 32.1. The van der Waals surface area contributed by atoms with Crippen molar-refractivity contribution in [3.8, 4) is 5.75 Å². The van der Waals surface area contributed by atoms with Gasteiger partial charge in [0, 0.05) is 17.1 Å². The molecule has 0 saturated carbocycles. The van der Waals surface area contributed by atoms with Crippen LogP contribution < -0.4 is 10.1 Å². The summed E-state index contributed by atoms with van der Waals surface area (Å²) >= 11 is 1.57.